The molecule has 1 unspecified atom stereocenters. The molecule has 0 aromatic carbocycles. The molecule has 0 bridgehead atoms. The van der Waals surface area contributed by atoms with E-state index in [-0.39, 0.29) is 35.5 Å². The molecule has 1 aromatic heterocycles. The second kappa shape index (κ2) is 5.72. The molecule has 0 spiro atoms. The highest BCUT2D eigenvalue weighted by molar-refractivity contribution is 7.91. The summed E-state index contributed by atoms with van der Waals surface area (Å²) in [5.41, 5.74) is 0. The SMILES string of the molecule is Cc1sc(CO)cc1S(=O)(=O)NCC1CCS(=O)(=O)C1. The van der Waals surface area contributed by atoms with Gasteiger partial charge in [0.05, 0.1) is 23.0 Å². The molecule has 0 saturated carbocycles. The van der Waals surface area contributed by atoms with Gasteiger partial charge in [-0.25, -0.2) is 21.6 Å². The monoisotopic (exact) mass is 339 g/mol. The number of nitrogens with one attached hydrogen (secondary N) is 1. The lowest BCUT2D eigenvalue weighted by Crippen LogP contribution is -2.30. The van der Waals surface area contributed by atoms with Crippen molar-refractivity contribution in [2.45, 2.75) is 24.8 Å². The summed E-state index contributed by atoms with van der Waals surface area (Å²) in [6.07, 6.45) is 0.495. The number of hydrogen-bond acceptors (Lipinski definition) is 6. The highest BCUT2D eigenvalue weighted by Crippen LogP contribution is 2.26. The van der Waals surface area contributed by atoms with Crippen molar-refractivity contribution in [3.05, 3.63) is 15.8 Å². The van der Waals surface area contributed by atoms with Gasteiger partial charge in [-0.2, -0.15) is 0 Å². The van der Waals surface area contributed by atoms with Gasteiger partial charge in [-0.05, 0) is 25.3 Å². The van der Waals surface area contributed by atoms with E-state index < -0.39 is 19.9 Å². The summed E-state index contributed by atoms with van der Waals surface area (Å²) in [6.45, 7) is 1.62. The van der Waals surface area contributed by atoms with Crippen LogP contribution in [-0.4, -0.2) is 40.0 Å². The van der Waals surface area contributed by atoms with Crippen molar-refractivity contribution in [2.75, 3.05) is 18.1 Å². The third kappa shape index (κ3) is 3.59. The molecule has 1 saturated heterocycles. The van der Waals surface area contributed by atoms with Crippen LogP contribution in [0.2, 0.25) is 0 Å². The predicted octanol–water partition coefficient (Wildman–Crippen LogP) is 0.262. The summed E-state index contributed by atoms with van der Waals surface area (Å²) in [5.74, 6) is 0.0111. The minimum atomic E-state index is -3.65. The van der Waals surface area contributed by atoms with Crippen molar-refractivity contribution in [1.82, 2.24) is 4.72 Å². The number of thiophene rings is 1. The van der Waals surface area contributed by atoms with Gasteiger partial charge < -0.3 is 5.11 Å². The van der Waals surface area contributed by atoms with Gasteiger partial charge in [0.2, 0.25) is 10.0 Å². The maximum absolute atomic E-state index is 12.2. The lowest BCUT2D eigenvalue weighted by atomic mass is 10.1. The van der Waals surface area contributed by atoms with Crippen LogP contribution in [0.25, 0.3) is 0 Å². The number of aryl methyl sites for hydroxylation is 1. The summed E-state index contributed by atoms with van der Waals surface area (Å²) in [7, 11) is -6.65. The van der Waals surface area contributed by atoms with E-state index >= 15 is 0 Å². The molecule has 1 aromatic rings. The maximum Gasteiger partial charge on any atom is 0.241 e. The van der Waals surface area contributed by atoms with Crippen LogP contribution in [0.5, 0.6) is 0 Å². The van der Waals surface area contributed by atoms with E-state index in [2.05, 4.69) is 4.72 Å². The van der Waals surface area contributed by atoms with Crippen molar-refractivity contribution < 1.29 is 21.9 Å². The van der Waals surface area contributed by atoms with Crippen LogP contribution in [0.15, 0.2) is 11.0 Å². The van der Waals surface area contributed by atoms with Gasteiger partial charge >= 0.3 is 0 Å². The molecular weight excluding hydrogens is 322 g/mol. The molecule has 114 valence electrons. The van der Waals surface area contributed by atoms with Crippen LogP contribution in [0.1, 0.15) is 16.2 Å². The fourth-order valence-electron chi connectivity index (χ4n) is 2.21. The molecule has 1 fully saturated rings. The van der Waals surface area contributed by atoms with E-state index in [1.807, 2.05) is 0 Å². The summed E-state index contributed by atoms with van der Waals surface area (Å²) in [6, 6.07) is 1.45. The molecular formula is C11H17NO5S3. The normalized spacial score (nSPS) is 22.2. The first-order valence-electron chi connectivity index (χ1n) is 6.14. The van der Waals surface area contributed by atoms with Crippen molar-refractivity contribution in [1.29, 1.82) is 0 Å². The third-order valence-electron chi connectivity index (χ3n) is 3.26. The number of aliphatic hydroxyl groups is 1. The smallest absolute Gasteiger partial charge is 0.241 e. The van der Waals surface area contributed by atoms with E-state index in [0.717, 1.165) is 0 Å². The van der Waals surface area contributed by atoms with Crippen LogP contribution < -0.4 is 4.72 Å². The van der Waals surface area contributed by atoms with Crippen LogP contribution in [0.4, 0.5) is 0 Å². The number of sulfone groups is 1. The van der Waals surface area contributed by atoms with Crippen LogP contribution in [0, 0.1) is 12.8 Å². The largest absolute Gasteiger partial charge is 0.391 e. The molecule has 6 nitrogen and oxygen atoms in total. The van der Waals surface area contributed by atoms with Crippen LogP contribution in [-0.2, 0) is 26.5 Å². The highest BCUT2D eigenvalue weighted by Gasteiger charge is 2.29. The third-order valence-corrected chi connectivity index (χ3v) is 7.81. The van der Waals surface area contributed by atoms with Gasteiger partial charge in [0, 0.05) is 16.3 Å². The molecule has 1 aliphatic heterocycles. The molecule has 1 atom stereocenters. The van der Waals surface area contributed by atoms with E-state index in [1.165, 1.54) is 17.4 Å². The van der Waals surface area contributed by atoms with E-state index in [9.17, 15) is 16.8 Å². The molecule has 9 heteroatoms. The van der Waals surface area contributed by atoms with Gasteiger partial charge in [-0.15, -0.1) is 11.3 Å². The van der Waals surface area contributed by atoms with E-state index in [1.54, 1.807) is 6.92 Å². The summed E-state index contributed by atoms with van der Waals surface area (Å²) < 4.78 is 49.5. The Kier molecular flexibility index (Phi) is 4.55. The quantitative estimate of drug-likeness (QED) is 0.801. The molecule has 0 amide bonds. The zero-order valence-electron chi connectivity index (χ0n) is 11.0. The minimum Gasteiger partial charge on any atom is -0.391 e. The summed E-state index contributed by atoms with van der Waals surface area (Å²) in [5, 5.41) is 9.03. The Bertz CT molecular complexity index is 690. The Morgan fingerprint density at radius 3 is 2.70 bits per heavy atom. The first-order chi connectivity index (χ1) is 9.23. The minimum absolute atomic E-state index is 0.0417. The van der Waals surface area contributed by atoms with Gasteiger partial charge in [0.1, 0.15) is 0 Å². The van der Waals surface area contributed by atoms with Gasteiger partial charge in [0.25, 0.3) is 0 Å². The van der Waals surface area contributed by atoms with Crippen molar-refractivity contribution in [2.24, 2.45) is 5.92 Å². The molecule has 20 heavy (non-hydrogen) atoms. The topological polar surface area (TPSA) is 101 Å². The standard InChI is InChI=1S/C11H17NO5S3/c1-8-11(4-10(6-13)18-8)20(16,17)12-5-9-2-3-19(14,15)7-9/h4,9,12-13H,2-3,5-7H2,1H3. The Hall–Kier alpha value is -0.480. The van der Waals surface area contributed by atoms with Crippen LogP contribution in [0.3, 0.4) is 0 Å². The fourth-order valence-corrected chi connectivity index (χ4v) is 6.68. The lowest BCUT2D eigenvalue weighted by molar-refractivity contribution is 0.285. The average molecular weight is 339 g/mol. The lowest BCUT2D eigenvalue weighted by Gasteiger charge is -2.10. The Labute approximate surface area is 122 Å². The van der Waals surface area contributed by atoms with Gasteiger partial charge in [-0.3, -0.25) is 0 Å². The summed E-state index contributed by atoms with van der Waals surface area (Å²) >= 11 is 1.23. The van der Waals surface area contributed by atoms with Crippen molar-refractivity contribution in [3.8, 4) is 0 Å². The van der Waals surface area contributed by atoms with Gasteiger partial charge in [0.15, 0.2) is 9.84 Å². The van der Waals surface area contributed by atoms with E-state index in [0.29, 0.717) is 16.2 Å². The molecule has 1 aliphatic rings. The first-order valence-corrected chi connectivity index (χ1v) is 10.3. The Morgan fingerprint density at radius 2 is 2.20 bits per heavy atom. The molecule has 0 aliphatic carbocycles. The second-order valence-corrected chi connectivity index (χ2v) is 10.2. The molecule has 0 radical (unpaired) electrons. The van der Waals surface area contributed by atoms with Crippen molar-refractivity contribution in [3.63, 3.8) is 0 Å². The van der Waals surface area contributed by atoms with Crippen LogP contribution >= 0.6 is 11.3 Å². The predicted molar refractivity (Wildman–Crippen MR) is 76.9 cm³/mol. The highest BCUT2D eigenvalue weighted by atomic mass is 32.2. The Balaban J connectivity index is 2.06. The second-order valence-electron chi connectivity index (χ2n) is 4.91. The number of aliphatic hydroxyl groups excluding tert-OH is 1. The first kappa shape index (κ1) is 15.9. The number of sulfonamides is 1. The molecule has 2 rings (SSSR count). The fraction of sp³-hybridized carbons (Fsp3) is 0.636. The van der Waals surface area contributed by atoms with Crippen molar-refractivity contribution >= 4 is 31.2 Å². The zero-order valence-corrected chi connectivity index (χ0v) is 13.4. The zero-order chi connectivity index (χ0) is 15.0. The maximum atomic E-state index is 12.2. The number of rotatable bonds is 5. The number of hydrogen-bond donors (Lipinski definition) is 2. The molecule has 2 N–H and O–H groups in total. The Morgan fingerprint density at radius 1 is 1.50 bits per heavy atom. The van der Waals surface area contributed by atoms with E-state index in [4.69, 9.17) is 5.11 Å². The molecule has 2 heterocycles. The average Bonchev–Trinajstić information content (AvgIpc) is 2.90. The summed E-state index contributed by atoms with van der Waals surface area (Å²) in [4.78, 5) is 1.36. The van der Waals surface area contributed by atoms with Gasteiger partial charge in [-0.1, -0.05) is 0 Å².